The van der Waals surface area contributed by atoms with Crippen LogP contribution >= 0.6 is 0 Å². The molecule has 0 bridgehead atoms. The fourth-order valence-electron chi connectivity index (χ4n) is 4.91. The summed E-state index contributed by atoms with van der Waals surface area (Å²) in [7, 11) is 0. The van der Waals surface area contributed by atoms with Gasteiger partial charge in [0.25, 0.3) is 0 Å². The van der Waals surface area contributed by atoms with Gasteiger partial charge in [-0.1, -0.05) is 99.1 Å². The summed E-state index contributed by atoms with van der Waals surface area (Å²) in [5.41, 5.74) is 11.9. The summed E-state index contributed by atoms with van der Waals surface area (Å²) >= 11 is 0. The average Bonchev–Trinajstić information content (AvgIpc) is 3.00. The maximum Gasteiger partial charge on any atom is 0.243 e. The van der Waals surface area contributed by atoms with Gasteiger partial charge in [-0.25, -0.2) is 0 Å². The molecule has 0 aromatic heterocycles. The van der Waals surface area contributed by atoms with Crippen molar-refractivity contribution in [1.29, 1.82) is 0 Å². The molecule has 5 atom stereocenters. The van der Waals surface area contributed by atoms with Crippen LogP contribution in [0.25, 0.3) is 0 Å². The Balaban J connectivity index is 0.00000498. The molecule has 11 nitrogen and oxygen atoms in total. The van der Waals surface area contributed by atoms with E-state index >= 15 is 0 Å². The predicted molar refractivity (Wildman–Crippen MR) is 189 cm³/mol. The van der Waals surface area contributed by atoms with Crippen LogP contribution in [0, 0.1) is 23.2 Å². The van der Waals surface area contributed by atoms with Crippen LogP contribution in [0.3, 0.4) is 0 Å². The van der Waals surface area contributed by atoms with Crippen molar-refractivity contribution in [3.63, 3.8) is 0 Å². The fraction of sp³-hybridized carbons (Fsp3) is 0.694. The molecular weight excluding hydrogens is 596 g/mol. The first-order chi connectivity index (χ1) is 22.0. The van der Waals surface area contributed by atoms with E-state index < -0.39 is 41.9 Å². The van der Waals surface area contributed by atoms with E-state index in [2.05, 4.69) is 42.0 Å². The van der Waals surface area contributed by atoms with Gasteiger partial charge in [-0.2, -0.15) is 0 Å². The standard InChI is InChI=1S/C32H54N6O5.C4H10/c1-7-22(4)27(38-29(41)24(35-20-39)14-11-16-33)31(43)36-25(18-23-12-9-8-10-13-23)30(42)37-26(28(40)21(2)3)19-32(5,6)15-17-34;1-4(2)3/h8-10,12-13,20-22,24-27H,7,11,14-19,33-34H2,1-6H3,(H,35,39)(H,36,43)(H,37,42)(H,38,41);4H,1-3H3. The molecule has 8 N–H and O–H groups in total. The van der Waals surface area contributed by atoms with Crippen LogP contribution in [0.5, 0.6) is 0 Å². The molecule has 1 rings (SSSR count). The zero-order valence-corrected chi connectivity index (χ0v) is 30.4. The fourth-order valence-corrected chi connectivity index (χ4v) is 4.91. The molecule has 0 heterocycles. The van der Waals surface area contributed by atoms with Crippen LogP contribution in [0.1, 0.15) is 100.0 Å². The van der Waals surface area contributed by atoms with E-state index in [-0.39, 0.29) is 29.5 Å². The van der Waals surface area contributed by atoms with Crippen molar-refractivity contribution < 1.29 is 24.0 Å². The second-order valence-electron chi connectivity index (χ2n) is 14.1. The zero-order valence-electron chi connectivity index (χ0n) is 30.4. The summed E-state index contributed by atoms with van der Waals surface area (Å²) in [6, 6.07) is 5.68. The number of rotatable bonds is 21. The molecule has 0 saturated heterocycles. The molecule has 0 aliphatic heterocycles. The van der Waals surface area contributed by atoms with Crippen molar-refractivity contribution in [2.24, 2.45) is 34.6 Å². The lowest BCUT2D eigenvalue weighted by atomic mass is 9.80. The second-order valence-corrected chi connectivity index (χ2v) is 14.1. The van der Waals surface area contributed by atoms with E-state index in [4.69, 9.17) is 11.5 Å². The van der Waals surface area contributed by atoms with Gasteiger partial charge in [-0.05, 0) is 61.6 Å². The highest BCUT2D eigenvalue weighted by molar-refractivity contribution is 5.96. The van der Waals surface area contributed by atoms with E-state index in [1.807, 2.05) is 58.0 Å². The predicted octanol–water partition coefficient (Wildman–Crippen LogP) is 3.24. The van der Waals surface area contributed by atoms with Gasteiger partial charge in [0, 0.05) is 12.3 Å². The lowest BCUT2D eigenvalue weighted by Crippen LogP contribution is -2.59. The molecule has 47 heavy (non-hydrogen) atoms. The lowest BCUT2D eigenvalue weighted by Gasteiger charge is -2.32. The first-order valence-electron chi connectivity index (χ1n) is 17.1. The molecule has 0 fully saturated rings. The van der Waals surface area contributed by atoms with Gasteiger partial charge in [0.2, 0.25) is 24.1 Å². The average molecular weight is 661 g/mol. The van der Waals surface area contributed by atoms with Crippen molar-refractivity contribution in [2.75, 3.05) is 13.1 Å². The number of Topliss-reactive ketones (excluding diaryl/α,β-unsaturated/α-hetero) is 1. The third kappa shape index (κ3) is 18.0. The van der Waals surface area contributed by atoms with Gasteiger partial charge in [-0.15, -0.1) is 0 Å². The Hall–Kier alpha value is -3.31. The molecule has 1 aromatic rings. The Morgan fingerprint density at radius 3 is 1.85 bits per heavy atom. The molecule has 0 spiro atoms. The Kier molecular flexibility index (Phi) is 21.5. The van der Waals surface area contributed by atoms with E-state index in [1.54, 1.807) is 13.8 Å². The summed E-state index contributed by atoms with van der Waals surface area (Å²) in [6.45, 7) is 18.6. The van der Waals surface area contributed by atoms with Gasteiger partial charge < -0.3 is 32.7 Å². The second kappa shape index (κ2) is 23.1. The summed E-state index contributed by atoms with van der Waals surface area (Å²) in [4.78, 5) is 64.9. The Morgan fingerprint density at radius 2 is 1.36 bits per heavy atom. The van der Waals surface area contributed by atoms with Crippen molar-refractivity contribution in [1.82, 2.24) is 21.3 Å². The number of hydrogen-bond acceptors (Lipinski definition) is 7. The first kappa shape index (κ1) is 43.7. The Morgan fingerprint density at radius 1 is 0.809 bits per heavy atom. The first-order valence-corrected chi connectivity index (χ1v) is 17.1. The van der Waals surface area contributed by atoms with Crippen LogP contribution in [0.2, 0.25) is 0 Å². The molecule has 0 aliphatic rings. The van der Waals surface area contributed by atoms with Gasteiger partial charge in [0.1, 0.15) is 18.1 Å². The van der Waals surface area contributed by atoms with Crippen LogP contribution in [-0.4, -0.2) is 67.2 Å². The number of benzene rings is 1. The number of hydrogen-bond donors (Lipinski definition) is 6. The van der Waals surface area contributed by atoms with Crippen LogP contribution in [0.4, 0.5) is 0 Å². The Bertz CT molecular complexity index is 1080. The number of carbonyl (C=O) groups excluding carboxylic acids is 5. The Labute approximate surface area is 283 Å². The molecule has 1 aromatic carbocycles. The molecule has 0 radical (unpaired) electrons. The quantitative estimate of drug-likeness (QED) is 0.109. The van der Waals surface area contributed by atoms with Crippen molar-refractivity contribution in [3.05, 3.63) is 35.9 Å². The van der Waals surface area contributed by atoms with Gasteiger partial charge >= 0.3 is 0 Å². The van der Waals surface area contributed by atoms with Gasteiger partial charge in [0.15, 0.2) is 5.78 Å². The molecule has 0 aliphatic carbocycles. The van der Waals surface area contributed by atoms with Crippen LogP contribution in [-0.2, 0) is 30.4 Å². The highest BCUT2D eigenvalue weighted by Crippen LogP contribution is 2.27. The lowest BCUT2D eigenvalue weighted by molar-refractivity contribution is -0.135. The number of nitrogens with one attached hydrogen (secondary N) is 4. The smallest absolute Gasteiger partial charge is 0.243 e. The van der Waals surface area contributed by atoms with Crippen LogP contribution < -0.4 is 32.7 Å². The maximum absolute atomic E-state index is 13.8. The summed E-state index contributed by atoms with van der Waals surface area (Å²) in [6.07, 6.45) is 3.11. The van der Waals surface area contributed by atoms with Crippen molar-refractivity contribution >= 4 is 29.9 Å². The third-order valence-corrected chi connectivity index (χ3v) is 7.80. The maximum atomic E-state index is 13.8. The molecular formula is C36H64N6O5. The van der Waals surface area contributed by atoms with Gasteiger partial charge in [-0.3, -0.25) is 24.0 Å². The van der Waals surface area contributed by atoms with Gasteiger partial charge in [0.05, 0.1) is 6.04 Å². The number of amides is 4. The third-order valence-electron chi connectivity index (χ3n) is 7.80. The molecule has 4 amide bonds. The minimum Gasteiger partial charge on any atom is -0.347 e. The highest BCUT2D eigenvalue weighted by Gasteiger charge is 2.35. The van der Waals surface area contributed by atoms with Crippen LogP contribution in [0.15, 0.2) is 30.3 Å². The largest absolute Gasteiger partial charge is 0.347 e. The molecule has 268 valence electrons. The number of carbonyl (C=O) groups is 5. The van der Waals surface area contributed by atoms with Crippen molar-refractivity contribution in [3.8, 4) is 0 Å². The summed E-state index contributed by atoms with van der Waals surface area (Å²) in [5, 5.41) is 11.1. The minimum absolute atomic E-state index is 0.0980. The summed E-state index contributed by atoms with van der Waals surface area (Å²) < 4.78 is 0. The number of ketones is 1. The normalized spacial score (nSPS) is 14.5. The van der Waals surface area contributed by atoms with E-state index in [9.17, 15) is 24.0 Å². The van der Waals surface area contributed by atoms with E-state index in [0.717, 1.165) is 11.5 Å². The molecule has 11 heteroatoms. The monoisotopic (exact) mass is 660 g/mol. The highest BCUT2D eigenvalue weighted by atomic mass is 16.2. The molecule has 0 saturated carbocycles. The number of nitrogens with two attached hydrogens (primary N) is 2. The molecule has 5 unspecified atom stereocenters. The minimum atomic E-state index is -1.01. The SMILES string of the molecule is CC(C)C.CCC(C)C(NC(=O)C(CCCN)NC=O)C(=O)NC(Cc1ccccc1)C(=O)NC(CC(C)(C)CCN)C(=O)C(C)C. The zero-order chi connectivity index (χ0) is 36.2. The van der Waals surface area contributed by atoms with Crippen molar-refractivity contribution in [2.45, 2.75) is 125 Å². The topological polar surface area (TPSA) is 186 Å². The van der Waals surface area contributed by atoms with E-state index in [0.29, 0.717) is 51.6 Å². The summed E-state index contributed by atoms with van der Waals surface area (Å²) in [5.74, 6) is -1.37. The van der Waals surface area contributed by atoms with E-state index in [1.165, 1.54) is 0 Å².